The quantitative estimate of drug-likeness (QED) is 0.186. The minimum Gasteiger partial charge on any atom is -0.506 e. The SMILES string of the molecule is O=C1CCC(=O)On2c(=O)c(cc3c([C@@H](O)CNCCc4ccc(OCC(F)(F)c5ccccc5)cc4)ccc(O)c32)O1. The third kappa shape index (κ3) is 6.82. The van der Waals surface area contributed by atoms with Crippen LogP contribution in [0.15, 0.2) is 77.6 Å². The largest absolute Gasteiger partial charge is 0.506 e. The first-order valence-electron chi connectivity index (χ1n) is 13.5. The summed E-state index contributed by atoms with van der Waals surface area (Å²) in [5, 5.41) is 24.7. The lowest BCUT2D eigenvalue weighted by molar-refractivity contribution is -0.146. The van der Waals surface area contributed by atoms with Crippen molar-refractivity contribution in [1.82, 2.24) is 10.0 Å². The van der Waals surface area contributed by atoms with E-state index in [4.69, 9.17) is 14.3 Å². The Hall–Kier alpha value is -4.81. The van der Waals surface area contributed by atoms with Gasteiger partial charge in [0.15, 0.2) is 12.4 Å². The van der Waals surface area contributed by atoms with E-state index >= 15 is 0 Å². The number of aliphatic hydroxyl groups excluding tert-OH is 1. The Bertz CT molecular complexity index is 1690. The molecule has 0 saturated heterocycles. The number of alkyl halides is 2. The second kappa shape index (κ2) is 12.6. The molecule has 1 aliphatic rings. The smallest absolute Gasteiger partial charge is 0.333 e. The number of carbonyl (C=O) groups is 2. The van der Waals surface area contributed by atoms with Gasteiger partial charge in [-0.3, -0.25) is 9.59 Å². The minimum atomic E-state index is -3.13. The first-order valence-corrected chi connectivity index (χ1v) is 13.5. The number of halogens is 2. The minimum absolute atomic E-state index is 0.0731. The molecule has 0 amide bonds. The summed E-state index contributed by atoms with van der Waals surface area (Å²) in [6.45, 7) is -0.265. The first kappa shape index (κ1) is 29.7. The van der Waals surface area contributed by atoms with Gasteiger partial charge in [-0.15, -0.1) is 4.73 Å². The summed E-state index contributed by atoms with van der Waals surface area (Å²) < 4.78 is 39.7. The molecule has 5 rings (SSSR count). The predicted octanol–water partition coefficient (Wildman–Crippen LogP) is 3.40. The van der Waals surface area contributed by atoms with Crippen LogP contribution in [0.25, 0.3) is 10.9 Å². The van der Waals surface area contributed by atoms with E-state index in [1.54, 1.807) is 42.5 Å². The van der Waals surface area contributed by atoms with Crippen molar-refractivity contribution in [3.8, 4) is 17.2 Å². The van der Waals surface area contributed by atoms with Gasteiger partial charge in [-0.2, -0.15) is 8.78 Å². The van der Waals surface area contributed by atoms with Crippen molar-refractivity contribution in [2.24, 2.45) is 0 Å². The van der Waals surface area contributed by atoms with E-state index in [1.807, 2.05) is 0 Å². The molecular formula is C31H28F2N2O8. The number of nitrogens with one attached hydrogen (secondary N) is 1. The first-order chi connectivity index (χ1) is 20.6. The second-order valence-corrected chi connectivity index (χ2v) is 9.95. The zero-order valence-corrected chi connectivity index (χ0v) is 22.8. The molecule has 1 aliphatic heterocycles. The standard InChI is InChI=1S/C31H28F2N2O8/c32-31(33,20-4-2-1-3-5-20)18-41-21-8-6-19(7-9-21)14-15-34-17-25(37)22-10-11-24(36)29-23(22)16-26-30(40)35(29)43-28(39)13-12-27(38)42-26/h1-11,16,25,34,36-37H,12-15,17-18H2/t25-/m0/s1. The molecule has 2 heterocycles. The number of aliphatic hydroxyl groups is 1. The Labute approximate surface area is 244 Å². The Morgan fingerprint density at radius 3 is 2.44 bits per heavy atom. The van der Waals surface area contributed by atoms with Crippen molar-refractivity contribution >= 4 is 22.8 Å². The van der Waals surface area contributed by atoms with Crippen LogP contribution in [0.5, 0.6) is 17.2 Å². The maximum Gasteiger partial charge on any atom is 0.333 e. The fourth-order valence-corrected chi connectivity index (χ4v) is 4.62. The molecular weight excluding hydrogens is 566 g/mol. The summed E-state index contributed by atoms with van der Waals surface area (Å²) in [7, 11) is 0. The lowest BCUT2D eigenvalue weighted by atomic mass is 10.0. The van der Waals surface area contributed by atoms with E-state index < -0.39 is 41.9 Å². The number of aromatic hydroxyl groups is 1. The van der Waals surface area contributed by atoms with Crippen molar-refractivity contribution < 1.29 is 42.9 Å². The fourth-order valence-electron chi connectivity index (χ4n) is 4.62. The lowest BCUT2D eigenvalue weighted by Gasteiger charge is -2.18. The number of aromatic nitrogens is 1. The number of pyridine rings is 1. The van der Waals surface area contributed by atoms with Crippen molar-refractivity contribution in [3.05, 3.63) is 99.8 Å². The average Bonchev–Trinajstić information content (AvgIpc) is 3.02. The topological polar surface area (TPSA) is 136 Å². The molecule has 0 aliphatic carbocycles. The number of ether oxygens (including phenoxy) is 2. The summed E-state index contributed by atoms with van der Waals surface area (Å²) in [4.78, 5) is 42.1. The number of esters is 1. The van der Waals surface area contributed by atoms with Gasteiger partial charge >= 0.3 is 23.4 Å². The molecule has 0 spiro atoms. The van der Waals surface area contributed by atoms with E-state index in [2.05, 4.69) is 5.32 Å². The molecule has 0 unspecified atom stereocenters. The van der Waals surface area contributed by atoms with Crippen LogP contribution in [0.1, 0.15) is 35.6 Å². The summed E-state index contributed by atoms with van der Waals surface area (Å²) in [5.41, 5.74) is -0.0260. The van der Waals surface area contributed by atoms with Gasteiger partial charge in [0.2, 0.25) is 0 Å². The van der Waals surface area contributed by atoms with Gasteiger partial charge in [-0.05, 0) is 48.4 Å². The van der Waals surface area contributed by atoms with Gasteiger partial charge in [-0.1, -0.05) is 48.5 Å². The van der Waals surface area contributed by atoms with Crippen LogP contribution >= 0.6 is 0 Å². The second-order valence-electron chi connectivity index (χ2n) is 9.95. The highest BCUT2D eigenvalue weighted by Crippen LogP contribution is 2.32. The number of phenolic OH excluding ortho intramolecular Hbond substituents is 1. The molecule has 224 valence electrons. The zero-order chi connectivity index (χ0) is 30.6. The Morgan fingerprint density at radius 2 is 1.70 bits per heavy atom. The molecule has 1 aromatic heterocycles. The van der Waals surface area contributed by atoms with Gasteiger partial charge in [-0.25, -0.2) is 4.79 Å². The number of nitrogens with zero attached hydrogens (tertiary/aromatic N) is 1. The molecule has 0 saturated carbocycles. The van der Waals surface area contributed by atoms with Gasteiger partial charge in [0.1, 0.15) is 17.0 Å². The Balaban J connectivity index is 1.21. The molecule has 12 heteroatoms. The molecule has 10 nitrogen and oxygen atoms in total. The highest BCUT2D eigenvalue weighted by atomic mass is 19.3. The fraction of sp³-hybridized carbons (Fsp3) is 0.258. The summed E-state index contributed by atoms with van der Waals surface area (Å²) in [6.07, 6.45) is -1.18. The zero-order valence-electron chi connectivity index (χ0n) is 22.8. The van der Waals surface area contributed by atoms with Crippen LogP contribution in [0.4, 0.5) is 8.78 Å². The number of hydrogen-bond acceptors (Lipinski definition) is 9. The third-order valence-corrected chi connectivity index (χ3v) is 6.88. The number of fused-ring (bicyclic) bond motifs is 4. The summed E-state index contributed by atoms with van der Waals surface area (Å²) in [6, 6.07) is 18.1. The molecule has 3 N–H and O–H groups in total. The average molecular weight is 595 g/mol. The number of rotatable bonds is 10. The summed E-state index contributed by atoms with van der Waals surface area (Å²) >= 11 is 0. The molecule has 0 fully saturated rings. The molecule has 2 bridgehead atoms. The van der Waals surface area contributed by atoms with Crippen LogP contribution in [-0.2, 0) is 21.9 Å². The molecule has 4 aromatic rings. The van der Waals surface area contributed by atoms with Gasteiger partial charge < -0.3 is 29.8 Å². The van der Waals surface area contributed by atoms with Crippen LogP contribution in [-0.4, -0.2) is 46.6 Å². The van der Waals surface area contributed by atoms with Crippen LogP contribution in [0, 0.1) is 0 Å². The van der Waals surface area contributed by atoms with Crippen molar-refractivity contribution in [1.29, 1.82) is 0 Å². The van der Waals surface area contributed by atoms with Crippen LogP contribution < -0.4 is 25.2 Å². The lowest BCUT2D eigenvalue weighted by Crippen LogP contribution is -2.31. The predicted molar refractivity (Wildman–Crippen MR) is 150 cm³/mol. The number of hydrogen-bond donors (Lipinski definition) is 3. The molecule has 0 radical (unpaired) electrons. The van der Waals surface area contributed by atoms with E-state index in [1.165, 1.54) is 30.3 Å². The maximum atomic E-state index is 14.4. The third-order valence-electron chi connectivity index (χ3n) is 6.88. The van der Waals surface area contributed by atoms with Crippen molar-refractivity contribution in [3.63, 3.8) is 0 Å². The Morgan fingerprint density at radius 1 is 0.977 bits per heavy atom. The number of phenols is 1. The van der Waals surface area contributed by atoms with Crippen LogP contribution in [0.3, 0.4) is 0 Å². The monoisotopic (exact) mass is 594 g/mol. The van der Waals surface area contributed by atoms with Gasteiger partial charge in [0.05, 0.1) is 18.9 Å². The highest BCUT2D eigenvalue weighted by Gasteiger charge is 2.32. The van der Waals surface area contributed by atoms with Gasteiger partial charge in [0, 0.05) is 17.5 Å². The molecule has 3 aromatic carbocycles. The Kier molecular flexibility index (Phi) is 8.69. The number of benzene rings is 3. The van der Waals surface area contributed by atoms with E-state index in [9.17, 15) is 33.4 Å². The highest BCUT2D eigenvalue weighted by molar-refractivity contribution is 5.90. The van der Waals surface area contributed by atoms with Crippen LogP contribution in [0.2, 0.25) is 0 Å². The van der Waals surface area contributed by atoms with E-state index in [-0.39, 0.29) is 47.2 Å². The van der Waals surface area contributed by atoms with Crippen molar-refractivity contribution in [2.75, 3.05) is 19.7 Å². The van der Waals surface area contributed by atoms with E-state index in [0.717, 1.165) is 5.56 Å². The van der Waals surface area contributed by atoms with Crippen molar-refractivity contribution in [2.45, 2.75) is 31.3 Å². The summed E-state index contributed by atoms with van der Waals surface area (Å²) in [5.74, 6) is -5.26. The maximum absolute atomic E-state index is 14.4. The molecule has 1 atom stereocenters. The normalized spacial score (nSPS) is 14.3. The van der Waals surface area contributed by atoms with Gasteiger partial charge in [0.25, 0.3) is 0 Å². The van der Waals surface area contributed by atoms with E-state index in [0.29, 0.717) is 23.4 Å². The molecule has 43 heavy (non-hydrogen) atoms. The number of carbonyl (C=O) groups excluding carboxylic acids is 2.